The molecule has 1 amide bonds. The van der Waals surface area contributed by atoms with Gasteiger partial charge < -0.3 is 4.90 Å². The Balaban J connectivity index is 2.18. The summed E-state index contributed by atoms with van der Waals surface area (Å²) in [4.78, 5) is 14.6. The third-order valence-electron chi connectivity index (χ3n) is 3.85. The van der Waals surface area contributed by atoms with Crippen LogP contribution in [0.2, 0.25) is 0 Å². The van der Waals surface area contributed by atoms with Crippen molar-refractivity contribution in [3.63, 3.8) is 0 Å². The molecule has 1 saturated heterocycles. The summed E-state index contributed by atoms with van der Waals surface area (Å²) in [5.41, 5.74) is 1.82. The molecule has 0 aliphatic carbocycles. The zero-order chi connectivity index (χ0) is 13.1. The van der Waals surface area contributed by atoms with Crippen molar-refractivity contribution in [1.29, 1.82) is 0 Å². The summed E-state index contributed by atoms with van der Waals surface area (Å²) in [6, 6.07) is 8.40. The summed E-state index contributed by atoms with van der Waals surface area (Å²) in [5.74, 6) is 0.652. The third kappa shape index (κ3) is 2.54. The molecular formula is C15H20ClNO. The van der Waals surface area contributed by atoms with Crippen molar-refractivity contribution in [2.45, 2.75) is 51.1 Å². The van der Waals surface area contributed by atoms with E-state index < -0.39 is 0 Å². The van der Waals surface area contributed by atoms with Crippen LogP contribution in [0, 0.1) is 0 Å². The highest BCUT2D eigenvalue weighted by Gasteiger charge is 2.33. The van der Waals surface area contributed by atoms with E-state index in [0.717, 1.165) is 30.4 Å². The first kappa shape index (κ1) is 13.4. The minimum Gasteiger partial charge on any atom is -0.333 e. The molecule has 0 bridgehead atoms. The fourth-order valence-corrected chi connectivity index (χ4v) is 2.90. The number of benzene rings is 1. The van der Waals surface area contributed by atoms with Gasteiger partial charge in [-0.2, -0.15) is 0 Å². The molecule has 1 aromatic carbocycles. The lowest BCUT2D eigenvalue weighted by Crippen LogP contribution is -2.39. The van der Waals surface area contributed by atoms with Gasteiger partial charge in [-0.05, 0) is 43.9 Å². The van der Waals surface area contributed by atoms with Gasteiger partial charge >= 0.3 is 0 Å². The van der Waals surface area contributed by atoms with E-state index in [4.69, 9.17) is 11.6 Å². The number of alkyl halides is 1. The topological polar surface area (TPSA) is 20.3 Å². The second kappa shape index (κ2) is 5.75. The van der Waals surface area contributed by atoms with E-state index in [0.29, 0.717) is 18.0 Å². The Bertz CT molecular complexity index is 415. The molecule has 98 valence electrons. The molecule has 0 spiro atoms. The van der Waals surface area contributed by atoms with Crippen molar-refractivity contribution in [3.05, 3.63) is 35.4 Å². The summed E-state index contributed by atoms with van der Waals surface area (Å²) < 4.78 is 0. The minimum absolute atomic E-state index is 0.160. The maximum atomic E-state index is 12.5. The van der Waals surface area contributed by atoms with Gasteiger partial charge in [0.05, 0.1) is 0 Å². The summed E-state index contributed by atoms with van der Waals surface area (Å²) >= 11 is 5.76. The van der Waals surface area contributed by atoms with Crippen LogP contribution in [0.4, 0.5) is 0 Å². The average molecular weight is 266 g/mol. The van der Waals surface area contributed by atoms with Crippen LogP contribution in [0.15, 0.2) is 24.3 Å². The van der Waals surface area contributed by atoms with Crippen molar-refractivity contribution >= 4 is 17.5 Å². The minimum atomic E-state index is 0.160. The second-order valence-electron chi connectivity index (χ2n) is 5.03. The number of carbonyl (C=O) groups excluding carboxylic acids is 1. The first-order chi connectivity index (χ1) is 8.67. The molecule has 0 aromatic heterocycles. The molecular weight excluding hydrogens is 246 g/mol. The molecule has 1 heterocycles. The molecule has 1 aliphatic rings. The molecule has 1 aromatic rings. The zero-order valence-electron chi connectivity index (χ0n) is 11.0. The second-order valence-corrected chi connectivity index (χ2v) is 5.30. The maximum Gasteiger partial charge on any atom is 0.254 e. The van der Waals surface area contributed by atoms with Crippen LogP contribution in [0.5, 0.6) is 0 Å². The molecule has 0 saturated carbocycles. The Labute approximate surface area is 114 Å². The molecule has 1 fully saturated rings. The molecule has 0 N–H and O–H groups in total. The van der Waals surface area contributed by atoms with Gasteiger partial charge in [0.15, 0.2) is 0 Å². The smallest absolute Gasteiger partial charge is 0.254 e. The number of nitrogens with zero attached hydrogens (tertiary/aromatic N) is 1. The molecule has 2 unspecified atom stereocenters. The molecule has 2 rings (SSSR count). The van der Waals surface area contributed by atoms with Gasteiger partial charge in [0.2, 0.25) is 0 Å². The SMILES string of the molecule is CCC1CCC(C)N1C(=O)c1ccc(CCl)cc1. The lowest BCUT2D eigenvalue weighted by Gasteiger charge is -2.28. The normalized spacial score (nSPS) is 23.4. The lowest BCUT2D eigenvalue weighted by molar-refractivity contribution is 0.0676. The molecule has 2 atom stereocenters. The number of halogens is 1. The van der Waals surface area contributed by atoms with Gasteiger partial charge in [0.25, 0.3) is 5.91 Å². The number of amides is 1. The Morgan fingerprint density at radius 1 is 1.33 bits per heavy atom. The van der Waals surface area contributed by atoms with E-state index in [9.17, 15) is 4.79 Å². The predicted octanol–water partition coefficient (Wildman–Crippen LogP) is 3.83. The Morgan fingerprint density at radius 3 is 2.56 bits per heavy atom. The highest BCUT2D eigenvalue weighted by molar-refractivity contribution is 6.17. The van der Waals surface area contributed by atoms with Crippen LogP contribution in [0.1, 0.15) is 49.0 Å². The van der Waals surface area contributed by atoms with Crippen molar-refractivity contribution in [3.8, 4) is 0 Å². The average Bonchev–Trinajstić information content (AvgIpc) is 2.79. The summed E-state index contributed by atoms with van der Waals surface area (Å²) in [6.07, 6.45) is 3.28. The molecule has 3 heteroatoms. The highest BCUT2D eigenvalue weighted by Crippen LogP contribution is 2.27. The van der Waals surface area contributed by atoms with E-state index >= 15 is 0 Å². The van der Waals surface area contributed by atoms with E-state index in [1.54, 1.807) is 0 Å². The molecule has 1 aliphatic heterocycles. The van der Waals surface area contributed by atoms with Crippen LogP contribution < -0.4 is 0 Å². The Kier molecular flexibility index (Phi) is 4.28. The molecule has 0 radical (unpaired) electrons. The molecule has 18 heavy (non-hydrogen) atoms. The van der Waals surface area contributed by atoms with Crippen LogP contribution in [0.3, 0.4) is 0 Å². The van der Waals surface area contributed by atoms with Gasteiger partial charge in [0, 0.05) is 23.5 Å². The van der Waals surface area contributed by atoms with Gasteiger partial charge in [-0.1, -0.05) is 19.1 Å². The largest absolute Gasteiger partial charge is 0.333 e. The van der Waals surface area contributed by atoms with Crippen LogP contribution >= 0.6 is 11.6 Å². The Hall–Kier alpha value is -1.02. The van der Waals surface area contributed by atoms with Gasteiger partial charge in [-0.3, -0.25) is 4.79 Å². The van der Waals surface area contributed by atoms with Gasteiger partial charge in [-0.25, -0.2) is 0 Å². The lowest BCUT2D eigenvalue weighted by atomic mass is 10.1. The van der Waals surface area contributed by atoms with E-state index in [-0.39, 0.29) is 5.91 Å². The van der Waals surface area contributed by atoms with E-state index in [1.165, 1.54) is 0 Å². The number of likely N-dealkylation sites (tertiary alicyclic amines) is 1. The fourth-order valence-electron chi connectivity index (χ4n) is 2.72. The number of hydrogen-bond acceptors (Lipinski definition) is 1. The first-order valence-electron chi connectivity index (χ1n) is 6.65. The first-order valence-corrected chi connectivity index (χ1v) is 7.18. The van der Waals surface area contributed by atoms with Gasteiger partial charge in [-0.15, -0.1) is 11.6 Å². The van der Waals surface area contributed by atoms with Crippen molar-refractivity contribution < 1.29 is 4.79 Å². The maximum absolute atomic E-state index is 12.5. The highest BCUT2D eigenvalue weighted by atomic mass is 35.5. The van der Waals surface area contributed by atoms with Crippen molar-refractivity contribution in [1.82, 2.24) is 4.90 Å². The van der Waals surface area contributed by atoms with E-state index in [2.05, 4.69) is 18.7 Å². The predicted molar refractivity (Wildman–Crippen MR) is 74.9 cm³/mol. The number of carbonyl (C=O) groups is 1. The van der Waals surface area contributed by atoms with Crippen LogP contribution in [-0.4, -0.2) is 22.9 Å². The monoisotopic (exact) mass is 265 g/mol. The summed E-state index contributed by atoms with van der Waals surface area (Å²) in [6.45, 7) is 4.29. The number of hydrogen-bond donors (Lipinski definition) is 0. The fraction of sp³-hybridized carbons (Fsp3) is 0.533. The summed E-state index contributed by atoms with van der Waals surface area (Å²) in [5, 5.41) is 0. The quantitative estimate of drug-likeness (QED) is 0.761. The third-order valence-corrected chi connectivity index (χ3v) is 4.16. The van der Waals surface area contributed by atoms with Crippen LogP contribution in [0.25, 0.3) is 0 Å². The van der Waals surface area contributed by atoms with Crippen molar-refractivity contribution in [2.24, 2.45) is 0 Å². The van der Waals surface area contributed by atoms with Gasteiger partial charge in [0.1, 0.15) is 0 Å². The number of rotatable bonds is 3. The van der Waals surface area contributed by atoms with E-state index in [1.807, 2.05) is 24.3 Å². The molecule has 2 nitrogen and oxygen atoms in total. The summed E-state index contributed by atoms with van der Waals surface area (Å²) in [7, 11) is 0. The standard InChI is InChI=1S/C15H20ClNO/c1-3-14-9-4-11(2)17(14)15(18)13-7-5-12(10-16)6-8-13/h5-8,11,14H,3-4,9-10H2,1-2H3. The van der Waals surface area contributed by atoms with Crippen LogP contribution in [-0.2, 0) is 5.88 Å². The van der Waals surface area contributed by atoms with Crippen molar-refractivity contribution in [2.75, 3.05) is 0 Å². The zero-order valence-corrected chi connectivity index (χ0v) is 11.8. The Morgan fingerprint density at radius 2 is 2.00 bits per heavy atom.